The van der Waals surface area contributed by atoms with Crippen LogP contribution >= 0.6 is 11.1 Å². The zero-order valence-corrected chi connectivity index (χ0v) is 9.76. The van der Waals surface area contributed by atoms with Crippen LogP contribution in [0.5, 0.6) is 0 Å². The Morgan fingerprint density at radius 3 is 1.60 bits per heavy atom. The average molecular weight is 173 g/mol. The monoisotopic (exact) mass is 172 g/mol. The molecular formula is C7H18ClLiSi. The number of rotatable bonds is 2. The third-order valence-electron chi connectivity index (χ3n) is 0.707. The second-order valence-electron chi connectivity index (χ2n) is 3.42. The normalized spacial score (nSPS) is 10.3. The van der Waals surface area contributed by atoms with Crippen molar-refractivity contribution in [3.8, 4) is 0 Å². The first-order valence-corrected chi connectivity index (χ1v) is 8.62. The Kier molecular flexibility index (Phi) is 11.2. The van der Waals surface area contributed by atoms with Crippen molar-refractivity contribution in [2.45, 2.75) is 44.5 Å². The Labute approximate surface area is 80.6 Å². The molecule has 0 fully saturated rings. The van der Waals surface area contributed by atoms with E-state index in [0.717, 1.165) is 0 Å². The van der Waals surface area contributed by atoms with E-state index in [4.69, 9.17) is 11.1 Å². The van der Waals surface area contributed by atoms with Gasteiger partial charge >= 0.3 is 42.6 Å². The first-order valence-electron chi connectivity index (χ1n) is 4.10. The summed E-state index contributed by atoms with van der Waals surface area (Å²) in [5.74, 6) is 0. The molecule has 0 saturated carbocycles. The third-order valence-corrected chi connectivity index (χ3v) is 0.707. The fourth-order valence-electron chi connectivity index (χ4n) is 0.354. The molecule has 0 saturated heterocycles. The summed E-state index contributed by atoms with van der Waals surface area (Å²) in [7, 11) is -1.14. The fraction of sp³-hybridized carbons (Fsp3) is 1.00. The quantitative estimate of drug-likeness (QED) is 0.442. The van der Waals surface area contributed by atoms with Crippen molar-refractivity contribution < 1.29 is 0 Å². The summed E-state index contributed by atoms with van der Waals surface area (Å²) in [4.78, 5) is 0. The number of unbranched alkanes of at least 4 members (excludes halogenated alkanes) is 1. The Balaban J connectivity index is 0. The molecule has 0 aliphatic heterocycles. The van der Waals surface area contributed by atoms with E-state index in [0.29, 0.717) is 0 Å². The average Bonchev–Trinajstić information content (AvgIpc) is 1.63. The molecule has 0 aliphatic carbocycles. The van der Waals surface area contributed by atoms with Gasteiger partial charge in [0.2, 0.25) is 0 Å². The van der Waals surface area contributed by atoms with Gasteiger partial charge in [-0.05, 0) is 0 Å². The molecule has 3 heteroatoms. The van der Waals surface area contributed by atoms with Gasteiger partial charge in [0.25, 0.3) is 0 Å². The standard InChI is InChI=1S/C4H9.C3H9ClSi.Li/c1-3-4-2;1-5(2,3)4;/h1,3-4H2,2H3;1-3H3;. The predicted octanol–water partition coefficient (Wildman–Crippen LogP) is 3.43. The molecule has 0 rings (SSSR count). The van der Waals surface area contributed by atoms with Crippen LogP contribution < -0.4 is 0 Å². The number of hydrogen-bond acceptors (Lipinski definition) is 0. The van der Waals surface area contributed by atoms with Gasteiger partial charge in [-0.15, -0.1) is 0 Å². The van der Waals surface area contributed by atoms with Crippen LogP contribution in [0.1, 0.15) is 19.8 Å². The van der Waals surface area contributed by atoms with Crippen LogP contribution in [0.4, 0.5) is 0 Å². The molecule has 58 valence electrons. The van der Waals surface area contributed by atoms with Crippen molar-refractivity contribution in [3.63, 3.8) is 0 Å². The Morgan fingerprint density at radius 1 is 1.30 bits per heavy atom. The molecule has 0 amide bonds. The summed E-state index contributed by atoms with van der Waals surface area (Å²) in [5.41, 5.74) is 0. The van der Waals surface area contributed by atoms with Gasteiger partial charge in [0, 0.05) is 0 Å². The van der Waals surface area contributed by atoms with Gasteiger partial charge in [0.1, 0.15) is 7.38 Å². The van der Waals surface area contributed by atoms with Gasteiger partial charge in [-0.2, -0.15) is 11.1 Å². The van der Waals surface area contributed by atoms with Crippen LogP contribution in [0, 0.1) is 0 Å². The summed E-state index contributed by atoms with van der Waals surface area (Å²) in [6, 6.07) is 0. The molecule has 0 aromatic rings. The molecular weight excluding hydrogens is 155 g/mol. The molecule has 0 heterocycles. The Morgan fingerprint density at radius 2 is 1.60 bits per heavy atom. The van der Waals surface area contributed by atoms with Crippen LogP contribution in [0.3, 0.4) is 0 Å². The van der Waals surface area contributed by atoms with Crippen LogP contribution in [0.15, 0.2) is 0 Å². The fourth-order valence-corrected chi connectivity index (χ4v) is 0.354. The molecule has 0 aliphatic rings. The Bertz CT molecular complexity index is 53.1. The maximum absolute atomic E-state index is 5.67. The minimum absolute atomic E-state index is 1.14. The van der Waals surface area contributed by atoms with E-state index >= 15 is 0 Å². The van der Waals surface area contributed by atoms with Crippen LogP contribution in [0.2, 0.25) is 24.7 Å². The van der Waals surface area contributed by atoms with E-state index in [-0.39, 0.29) is 0 Å². The van der Waals surface area contributed by atoms with E-state index in [1.165, 1.54) is 17.9 Å². The van der Waals surface area contributed by atoms with Gasteiger partial charge in [-0.3, -0.25) is 0 Å². The summed E-state index contributed by atoms with van der Waals surface area (Å²) < 4.78 is 0. The molecule has 0 unspecified atom stereocenters. The molecule has 0 bridgehead atoms. The van der Waals surface area contributed by atoms with Crippen molar-refractivity contribution in [3.05, 3.63) is 0 Å². The zero-order chi connectivity index (χ0) is 8.62. The van der Waals surface area contributed by atoms with Gasteiger partial charge in [-0.1, -0.05) is 19.6 Å². The first-order chi connectivity index (χ1) is 4.41. The minimum atomic E-state index is -1.14. The van der Waals surface area contributed by atoms with E-state index < -0.39 is 7.38 Å². The molecule has 0 radical (unpaired) electrons. The predicted molar refractivity (Wildman–Crippen MR) is 54.7 cm³/mol. The van der Waals surface area contributed by atoms with Crippen molar-refractivity contribution in [2.75, 3.05) is 0 Å². The van der Waals surface area contributed by atoms with Gasteiger partial charge in [0.05, 0.1) is 0 Å². The molecule has 0 spiro atoms. The molecule has 10 heavy (non-hydrogen) atoms. The zero-order valence-electron chi connectivity index (χ0n) is 8.00. The van der Waals surface area contributed by atoms with E-state index in [1.807, 2.05) is 0 Å². The summed E-state index contributed by atoms with van der Waals surface area (Å²) in [6.07, 6.45) is 2.73. The number of halogens is 1. The van der Waals surface area contributed by atoms with Gasteiger partial charge in [-0.25, -0.2) is 0 Å². The molecule has 0 aromatic heterocycles. The topological polar surface area (TPSA) is 0 Å². The van der Waals surface area contributed by atoms with E-state index in [9.17, 15) is 0 Å². The Hall–Kier alpha value is 1.10. The third kappa shape index (κ3) is 62.1. The summed E-state index contributed by atoms with van der Waals surface area (Å²) in [6.45, 7) is 8.49. The van der Waals surface area contributed by atoms with Crippen LogP contribution in [-0.4, -0.2) is 25.1 Å². The van der Waals surface area contributed by atoms with E-state index in [2.05, 4.69) is 44.3 Å². The number of hydrogen-bond donors (Lipinski definition) is 0. The SMILES string of the molecule is C[Si](C)(C)Cl.[Li][CH2]CCC. The van der Waals surface area contributed by atoms with Gasteiger partial charge < -0.3 is 0 Å². The molecule has 0 aromatic carbocycles. The first kappa shape index (κ1) is 13.7. The van der Waals surface area contributed by atoms with Crippen molar-refractivity contribution >= 4 is 36.2 Å². The molecule has 0 atom stereocenters. The van der Waals surface area contributed by atoms with Crippen LogP contribution in [-0.2, 0) is 0 Å². The van der Waals surface area contributed by atoms with Crippen molar-refractivity contribution in [2.24, 2.45) is 0 Å². The molecule has 0 N–H and O–H groups in total. The molecule has 0 nitrogen and oxygen atoms in total. The summed E-state index contributed by atoms with van der Waals surface area (Å²) >= 11 is 7.88. The second-order valence-corrected chi connectivity index (χ2v) is 11.0. The van der Waals surface area contributed by atoms with Crippen LogP contribution in [0.25, 0.3) is 0 Å². The second kappa shape index (κ2) is 8.20. The summed E-state index contributed by atoms with van der Waals surface area (Å²) in [5, 5.41) is 1.34. The maximum atomic E-state index is 5.67. The van der Waals surface area contributed by atoms with Gasteiger partial charge in [0.15, 0.2) is 0 Å². The van der Waals surface area contributed by atoms with Crippen molar-refractivity contribution in [1.82, 2.24) is 0 Å². The van der Waals surface area contributed by atoms with Crippen molar-refractivity contribution in [1.29, 1.82) is 0 Å². The van der Waals surface area contributed by atoms with E-state index in [1.54, 1.807) is 0 Å².